The molecule has 0 spiro atoms. The molecule has 0 aliphatic carbocycles. The van der Waals surface area contributed by atoms with Gasteiger partial charge in [0.25, 0.3) is 0 Å². The monoisotopic (exact) mass is 174 g/mol. The lowest BCUT2D eigenvalue weighted by atomic mass is 10.1. The van der Waals surface area contributed by atoms with Crippen LogP contribution >= 0.6 is 0 Å². The Morgan fingerprint density at radius 1 is 1.58 bits per heavy atom. The van der Waals surface area contributed by atoms with Gasteiger partial charge in [-0.25, -0.2) is 0 Å². The Kier molecular flexibility index (Phi) is 6.70. The second-order valence-corrected chi connectivity index (χ2v) is 2.73. The molecule has 4 nitrogen and oxygen atoms in total. The van der Waals surface area contributed by atoms with Gasteiger partial charge in [0.05, 0.1) is 0 Å². The maximum Gasteiger partial charge on any atom is 0.320 e. The summed E-state index contributed by atoms with van der Waals surface area (Å²) in [4.78, 5) is 10.6. The van der Waals surface area contributed by atoms with Crippen LogP contribution in [0.15, 0.2) is 0 Å². The molecule has 0 saturated carbocycles. The van der Waals surface area contributed by atoms with E-state index in [2.05, 4.69) is 5.32 Å². The maximum absolute atomic E-state index is 10.6. The Hall–Kier alpha value is -0.610. The summed E-state index contributed by atoms with van der Waals surface area (Å²) < 4.78 is 0. The number of hydrogen-bond acceptors (Lipinski definition) is 3. The van der Waals surface area contributed by atoms with Crippen molar-refractivity contribution in [2.75, 3.05) is 13.1 Å². The summed E-state index contributed by atoms with van der Waals surface area (Å²) in [6.07, 6.45) is 2.44. The smallest absolute Gasteiger partial charge is 0.320 e. The predicted molar refractivity (Wildman–Crippen MR) is 48.0 cm³/mol. The first-order valence-corrected chi connectivity index (χ1v) is 4.38. The van der Waals surface area contributed by atoms with Gasteiger partial charge in [0.1, 0.15) is 6.04 Å². The lowest BCUT2D eigenvalue weighted by Crippen LogP contribution is -2.36. The number of aliphatic carboxylic acids is 1. The Bertz CT molecular complexity index is 128. The molecule has 0 aliphatic rings. The number of carbonyl (C=O) groups is 1. The molecule has 0 bridgehead atoms. The molecule has 1 atom stereocenters. The van der Waals surface area contributed by atoms with Crippen molar-refractivity contribution in [3.8, 4) is 0 Å². The van der Waals surface area contributed by atoms with E-state index in [0.29, 0.717) is 19.5 Å². The molecule has 0 radical (unpaired) electrons. The fraction of sp³-hybridized carbons (Fsp3) is 0.875. The molecule has 0 saturated heterocycles. The number of carboxylic acids is 1. The summed E-state index contributed by atoms with van der Waals surface area (Å²) in [6, 6.07) is -0.401. The first-order valence-electron chi connectivity index (χ1n) is 4.38. The van der Waals surface area contributed by atoms with Crippen LogP contribution in [0.5, 0.6) is 0 Å². The Labute approximate surface area is 73.1 Å². The topological polar surface area (TPSA) is 75.3 Å². The van der Waals surface area contributed by atoms with Crippen LogP contribution in [-0.2, 0) is 4.79 Å². The highest BCUT2D eigenvalue weighted by Gasteiger charge is 2.14. The number of carboxylic acid groups (broad SMARTS) is 1. The van der Waals surface area contributed by atoms with Gasteiger partial charge in [0, 0.05) is 0 Å². The van der Waals surface area contributed by atoms with Crippen LogP contribution < -0.4 is 11.1 Å². The zero-order chi connectivity index (χ0) is 9.40. The lowest BCUT2D eigenvalue weighted by molar-refractivity contribution is -0.139. The Morgan fingerprint density at radius 2 is 2.25 bits per heavy atom. The third-order valence-electron chi connectivity index (χ3n) is 1.70. The van der Waals surface area contributed by atoms with E-state index >= 15 is 0 Å². The standard InChI is InChI=1S/C8H18N2O2/c1-2-10-7(8(11)12)5-3-4-6-9/h7,10H,2-6,9H2,1H3,(H,11,12). The third-order valence-corrected chi connectivity index (χ3v) is 1.70. The molecule has 12 heavy (non-hydrogen) atoms. The summed E-state index contributed by atoms with van der Waals surface area (Å²) in [7, 11) is 0. The maximum atomic E-state index is 10.6. The van der Waals surface area contributed by atoms with Crippen LogP contribution in [0.1, 0.15) is 26.2 Å². The fourth-order valence-electron chi connectivity index (χ4n) is 1.05. The summed E-state index contributed by atoms with van der Waals surface area (Å²) in [5.41, 5.74) is 5.30. The molecule has 0 aromatic heterocycles. The minimum absolute atomic E-state index is 0.401. The van der Waals surface area contributed by atoms with Gasteiger partial charge in [0.2, 0.25) is 0 Å². The van der Waals surface area contributed by atoms with E-state index in [9.17, 15) is 4.79 Å². The van der Waals surface area contributed by atoms with E-state index in [-0.39, 0.29) is 0 Å². The van der Waals surface area contributed by atoms with E-state index in [1.54, 1.807) is 0 Å². The van der Waals surface area contributed by atoms with Crippen molar-refractivity contribution < 1.29 is 9.90 Å². The summed E-state index contributed by atoms with van der Waals surface area (Å²) in [5, 5.41) is 11.6. The van der Waals surface area contributed by atoms with Crippen LogP contribution in [0, 0.1) is 0 Å². The summed E-state index contributed by atoms with van der Waals surface area (Å²) >= 11 is 0. The largest absolute Gasteiger partial charge is 0.480 e. The highest BCUT2D eigenvalue weighted by atomic mass is 16.4. The zero-order valence-electron chi connectivity index (χ0n) is 7.55. The summed E-state index contributed by atoms with van der Waals surface area (Å²) in [5.74, 6) is -0.770. The van der Waals surface area contributed by atoms with Crippen LogP contribution in [0.2, 0.25) is 0 Å². The van der Waals surface area contributed by atoms with Gasteiger partial charge < -0.3 is 16.2 Å². The van der Waals surface area contributed by atoms with Gasteiger partial charge in [-0.2, -0.15) is 0 Å². The minimum Gasteiger partial charge on any atom is -0.480 e. The predicted octanol–water partition coefficient (Wildman–Crippen LogP) is 0.178. The van der Waals surface area contributed by atoms with Crippen LogP contribution in [0.4, 0.5) is 0 Å². The van der Waals surface area contributed by atoms with Crippen LogP contribution in [0.3, 0.4) is 0 Å². The lowest BCUT2D eigenvalue weighted by Gasteiger charge is -2.11. The zero-order valence-corrected chi connectivity index (χ0v) is 7.55. The van der Waals surface area contributed by atoms with Crippen molar-refractivity contribution in [3.05, 3.63) is 0 Å². The number of nitrogens with one attached hydrogen (secondary N) is 1. The molecule has 0 heterocycles. The molecule has 0 amide bonds. The van der Waals surface area contributed by atoms with Gasteiger partial charge in [-0.15, -0.1) is 0 Å². The quantitative estimate of drug-likeness (QED) is 0.481. The molecule has 0 aromatic carbocycles. The average molecular weight is 174 g/mol. The van der Waals surface area contributed by atoms with Crippen molar-refractivity contribution >= 4 is 5.97 Å². The molecule has 0 fully saturated rings. The molecule has 1 unspecified atom stereocenters. The van der Waals surface area contributed by atoms with Gasteiger partial charge in [0.15, 0.2) is 0 Å². The summed E-state index contributed by atoms with van der Waals surface area (Å²) in [6.45, 7) is 3.23. The first kappa shape index (κ1) is 11.4. The number of likely N-dealkylation sites (N-methyl/N-ethyl adjacent to an activating group) is 1. The van der Waals surface area contributed by atoms with E-state index in [0.717, 1.165) is 12.8 Å². The van der Waals surface area contributed by atoms with Gasteiger partial charge in [-0.3, -0.25) is 4.79 Å². The number of rotatable bonds is 7. The number of unbranched alkanes of at least 4 members (excludes halogenated alkanes) is 1. The average Bonchev–Trinajstić information content (AvgIpc) is 2.03. The SMILES string of the molecule is CCNC(CCCCN)C(=O)O. The number of hydrogen-bond donors (Lipinski definition) is 3. The molecular formula is C8H18N2O2. The molecule has 4 heteroatoms. The van der Waals surface area contributed by atoms with Crippen molar-refractivity contribution in [1.29, 1.82) is 0 Å². The van der Waals surface area contributed by atoms with E-state index in [1.807, 2.05) is 6.92 Å². The molecule has 0 rings (SSSR count). The number of nitrogens with two attached hydrogens (primary N) is 1. The Morgan fingerprint density at radius 3 is 2.67 bits per heavy atom. The van der Waals surface area contributed by atoms with E-state index in [4.69, 9.17) is 10.8 Å². The third kappa shape index (κ3) is 5.09. The van der Waals surface area contributed by atoms with Crippen molar-refractivity contribution in [2.45, 2.75) is 32.2 Å². The van der Waals surface area contributed by atoms with Gasteiger partial charge in [-0.05, 0) is 25.9 Å². The normalized spacial score (nSPS) is 12.8. The van der Waals surface area contributed by atoms with E-state index in [1.165, 1.54) is 0 Å². The second-order valence-electron chi connectivity index (χ2n) is 2.73. The van der Waals surface area contributed by atoms with Crippen LogP contribution in [0.25, 0.3) is 0 Å². The molecule has 0 aliphatic heterocycles. The molecular weight excluding hydrogens is 156 g/mol. The second kappa shape index (κ2) is 7.06. The first-order chi connectivity index (χ1) is 5.72. The van der Waals surface area contributed by atoms with Crippen molar-refractivity contribution in [2.24, 2.45) is 5.73 Å². The minimum atomic E-state index is -0.770. The highest BCUT2D eigenvalue weighted by molar-refractivity contribution is 5.73. The van der Waals surface area contributed by atoms with Gasteiger partial charge in [-0.1, -0.05) is 13.3 Å². The van der Waals surface area contributed by atoms with Crippen LogP contribution in [-0.4, -0.2) is 30.2 Å². The van der Waals surface area contributed by atoms with Crippen molar-refractivity contribution in [1.82, 2.24) is 5.32 Å². The molecule has 0 aromatic rings. The van der Waals surface area contributed by atoms with Crippen molar-refractivity contribution in [3.63, 3.8) is 0 Å². The van der Waals surface area contributed by atoms with E-state index < -0.39 is 12.0 Å². The molecule has 4 N–H and O–H groups in total. The van der Waals surface area contributed by atoms with Gasteiger partial charge >= 0.3 is 5.97 Å². The molecule has 72 valence electrons. The highest BCUT2D eigenvalue weighted by Crippen LogP contribution is 1.99. The Balaban J connectivity index is 3.56. The fourth-order valence-corrected chi connectivity index (χ4v) is 1.05.